The highest BCUT2D eigenvalue weighted by Gasteiger charge is 2.30. The van der Waals surface area contributed by atoms with Gasteiger partial charge in [-0.1, -0.05) is 29.3 Å². The molecule has 0 aliphatic carbocycles. The molecule has 1 heterocycles. The van der Waals surface area contributed by atoms with E-state index in [9.17, 15) is 13.2 Å². The zero-order valence-electron chi connectivity index (χ0n) is 10.9. The highest BCUT2D eigenvalue weighted by molar-refractivity contribution is 6.35. The van der Waals surface area contributed by atoms with E-state index in [-0.39, 0.29) is 6.04 Å². The number of nitrogens with zero attached hydrogens (tertiary/aromatic N) is 1. The highest BCUT2D eigenvalue weighted by Crippen LogP contribution is 2.30. The smallest absolute Gasteiger partial charge is 0.363 e. The summed E-state index contributed by atoms with van der Waals surface area (Å²) in [5.41, 5.74) is -0.00649. The molecule has 112 valence electrons. The molecule has 1 N–H and O–H groups in total. The van der Waals surface area contributed by atoms with Crippen LogP contribution in [0.2, 0.25) is 10.0 Å². The van der Waals surface area contributed by atoms with Crippen molar-refractivity contribution in [2.45, 2.75) is 19.1 Å². The van der Waals surface area contributed by atoms with E-state index in [1.807, 2.05) is 6.92 Å². The van der Waals surface area contributed by atoms with E-state index in [1.165, 1.54) is 6.07 Å². The third-order valence-corrected chi connectivity index (χ3v) is 3.45. The molecule has 2 rings (SSSR count). The predicted octanol–water partition coefficient (Wildman–Crippen LogP) is 5.58. The lowest BCUT2D eigenvalue weighted by molar-refractivity contribution is -0.137. The molecule has 0 amide bonds. The minimum atomic E-state index is -4.39. The van der Waals surface area contributed by atoms with Crippen LogP contribution in [0.3, 0.4) is 0 Å². The third kappa shape index (κ3) is 4.02. The number of hydrogen-bond acceptors (Lipinski definition) is 2. The molecule has 0 spiro atoms. The van der Waals surface area contributed by atoms with E-state index in [4.69, 9.17) is 23.2 Å². The number of halogens is 5. The van der Waals surface area contributed by atoms with Gasteiger partial charge in [0.15, 0.2) is 0 Å². The van der Waals surface area contributed by atoms with Gasteiger partial charge in [0.05, 0.1) is 11.6 Å². The molecule has 2 nitrogen and oxygen atoms in total. The summed E-state index contributed by atoms with van der Waals surface area (Å²) in [4.78, 5) is 3.76. The monoisotopic (exact) mass is 334 g/mol. The fourth-order valence-corrected chi connectivity index (χ4v) is 2.37. The van der Waals surface area contributed by atoms with Gasteiger partial charge in [0.25, 0.3) is 0 Å². The molecule has 7 heteroatoms. The van der Waals surface area contributed by atoms with E-state index in [0.29, 0.717) is 15.9 Å². The standard InChI is InChI=1S/C14H11Cl2F3N2/c1-8(11-4-3-10(15)6-12(11)16)21-13-5-2-9(7-20-13)14(17,18)19/h2-8H,1H3,(H,20,21). The Morgan fingerprint density at radius 3 is 2.38 bits per heavy atom. The first-order valence-corrected chi connectivity index (χ1v) is 6.77. The van der Waals surface area contributed by atoms with Gasteiger partial charge in [-0.25, -0.2) is 4.98 Å². The van der Waals surface area contributed by atoms with Crippen LogP contribution < -0.4 is 5.32 Å². The molecule has 0 fully saturated rings. The first-order chi connectivity index (χ1) is 9.77. The van der Waals surface area contributed by atoms with E-state index in [1.54, 1.807) is 18.2 Å². The van der Waals surface area contributed by atoms with E-state index in [2.05, 4.69) is 10.3 Å². The molecular weight excluding hydrogens is 324 g/mol. The van der Waals surface area contributed by atoms with E-state index in [0.717, 1.165) is 17.8 Å². The minimum Gasteiger partial charge on any atom is -0.363 e. The fraction of sp³-hybridized carbons (Fsp3) is 0.214. The molecule has 0 bridgehead atoms. The van der Waals surface area contributed by atoms with E-state index >= 15 is 0 Å². The van der Waals surface area contributed by atoms with Crippen molar-refractivity contribution in [2.24, 2.45) is 0 Å². The highest BCUT2D eigenvalue weighted by atomic mass is 35.5. The summed E-state index contributed by atoms with van der Waals surface area (Å²) in [6, 6.07) is 7.10. The molecule has 1 aromatic carbocycles. The molecule has 1 atom stereocenters. The van der Waals surface area contributed by atoms with Gasteiger partial charge < -0.3 is 5.32 Å². The van der Waals surface area contributed by atoms with Crippen molar-refractivity contribution in [3.05, 3.63) is 57.7 Å². The Morgan fingerprint density at radius 2 is 1.86 bits per heavy atom. The molecule has 0 radical (unpaired) electrons. The molecule has 0 saturated heterocycles. The predicted molar refractivity (Wildman–Crippen MR) is 77.7 cm³/mol. The van der Waals surface area contributed by atoms with Crippen LogP contribution in [0.15, 0.2) is 36.5 Å². The summed E-state index contributed by atoms with van der Waals surface area (Å²) in [7, 11) is 0. The Hall–Kier alpha value is -1.46. The number of pyridine rings is 1. The number of alkyl halides is 3. The van der Waals surface area contributed by atoms with Gasteiger partial charge in [0, 0.05) is 16.2 Å². The maximum absolute atomic E-state index is 12.4. The molecule has 21 heavy (non-hydrogen) atoms. The van der Waals surface area contributed by atoms with Crippen molar-refractivity contribution < 1.29 is 13.2 Å². The lowest BCUT2D eigenvalue weighted by Gasteiger charge is -2.17. The maximum Gasteiger partial charge on any atom is 0.417 e. The summed E-state index contributed by atoms with van der Waals surface area (Å²) in [6.45, 7) is 1.83. The number of hydrogen-bond donors (Lipinski definition) is 1. The van der Waals surface area contributed by atoms with Crippen LogP contribution in [0.4, 0.5) is 19.0 Å². The second-order valence-corrected chi connectivity index (χ2v) is 5.31. The van der Waals surface area contributed by atoms with Gasteiger partial charge in [-0.15, -0.1) is 0 Å². The summed E-state index contributed by atoms with van der Waals surface area (Å²) in [6.07, 6.45) is -3.60. The average molecular weight is 335 g/mol. The number of aromatic nitrogens is 1. The molecule has 2 aromatic rings. The lowest BCUT2D eigenvalue weighted by atomic mass is 10.1. The second kappa shape index (κ2) is 6.12. The van der Waals surface area contributed by atoms with Crippen molar-refractivity contribution in [2.75, 3.05) is 5.32 Å². The van der Waals surface area contributed by atoms with Crippen LogP contribution in [0, 0.1) is 0 Å². The number of benzene rings is 1. The van der Waals surface area contributed by atoms with E-state index < -0.39 is 11.7 Å². The molecule has 1 unspecified atom stereocenters. The van der Waals surface area contributed by atoms with Crippen LogP contribution >= 0.6 is 23.2 Å². The van der Waals surface area contributed by atoms with Gasteiger partial charge in [-0.05, 0) is 36.8 Å². The first-order valence-electron chi connectivity index (χ1n) is 6.02. The SMILES string of the molecule is CC(Nc1ccc(C(F)(F)F)cn1)c1ccc(Cl)cc1Cl. The van der Waals surface area contributed by atoms with Crippen LogP contribution in [-0.2, 0) is 6.18 Å². The minimum absolute atomic E-state index is 0.223. The normalized spacial score (nSPS) is 13.0. The molecular formula is C14H11Cl2F3N2. The quantitative estimate of drug-likeness (QED) is 0.792. The largest absolute Gasteiger partial charge is 0.417 e. The summed E-state index contributed by atoms with van der Waals surface area (Å²) in [5.74, 6) is 0.335. The Balaban J connectivity index is 2.14. The van der Waals surface area contributed by atoms with Crippen molar-refractivity contribution in [1.29, 1.82) is 0 Å². The third-order valence-electron chi connectivity index (χ3n) is 2.88. The Bertz CT molecular complexity index is 627. The molecule has 1 aromatic heterocycles. The van der Waals surface area contributed by atoms with Gasteiger partial charge in [-0.2, -0.15) is 13.2 Å². The fourth-order valence-electron chi connectivity index (χ4n) is 1.80. The number of anilines is 1. The van der Waals surface area contributed by atoms with Gasteiger partial charge in [0.1, 0.15) is 5.82 Å². The summed E-state index contributed by atoms with van der Waals surface area (Å²) in [5, 5.41) is 3.99. The Kier molecular flexibility index (Phi) is 4.64. The van der Waals surface area contributed by atoms with Crippen molar-refractivity contribution in [1.82, 2.24) is 4.98 Å². The number of nitrogens with one attached hydrogen (secondary N) is 1. The average Bonchev–Trinajstić information content (AvgIpc) is 2.38. The van der Waals surface area contributed by atoms with Gasteiger partial charge in [0.2, 0.25) is 0 Å². The zero-order chi connectivity index (χ0) is 15.6. The number of rotatable bonds is 3. The first kappa shape index (κ1) is 15.9. The Labute approximate surface area is 129 Å². The van der Waals surface area contributed by atoms with Crippen LogP contribution in [0.5, 0.6) is 0 Å². The molecule has 0 aliphatic rings. The zero-order valence-corrected chi connectivity index (χ0v) is 12.4. The Morgan fingerprint density at radius 1 is 1.14 bits per heavy atom. The second-order valence-electron chi connectivity index (χ2n) is 4.46. The van der Waals surface area contributed by atoms with Crippen LogP contribution in [0.25, 0.3) is 0 Å². The topological polar surface area (TPSA) is 24.9 Å². The maximum atomic E-state index is 12.4. The van der Waals surface area contributed by atoms with Crippen molar-refractivity contribution in [3.8, 4) is 0 Å². The van der Waals surface area contributed by atoms with Crippen molar-refractivity contribution >= 4 is 29.0 Å². The summed E-state index contributed by atoms with van der Waals surface area (Å²) < 4.78 is 37.3. The molecule has 0 saturated carbocycles. The van der Waals surface area contributed by atoms with Crippen LogP contribution in [-0.4, -0.2) is 4.98 Å². The molecule has 0 aliphatic heterocycles. The van der Waals surface area contributed by atoms with Crippen molar-refractivity contribution in [3.63, 3.8) is 0 Å². The van der Waals surface area contributed by atoms with Crippen LogP contribution in [0.1, 0.15) is 24.1 Å². The van der Waals surface area contributed by atoms with Gasteiger partial charge >= 0.3 is 6.18 Å². The lowest BCUT2D eigenvalue weighted by Crippen LogP contribution is -2.10. The summed E-state index contributed by atoms with van der Waals surface area (Å²) >= 11 is 11.9. The van der Waals surface area contributed by atoms with Gasteiger partial charge in [-0.3, -0.25) is 0 Å².